The summed E-state index contributed by atoms with van der Waals surface area (Å²) in [6.07, 6.45) is 1.57. The molecule has 0 aliphatic rings. The zero-order valence-corrected chi connectivity index (χ0v) is 12.0. The van der Waals surface area contributed by atoms with Crippen LogP contribution in [0.5, 0.6) is 0 Å². The van der Waals surface area contributed by atoms with Crippen molar-refractivity contribution < 1.29 is 4.21 Å². The van der Waals surface area contributed by atoms with E-state index in [9.17, 15) is 4.21 Å². The molecule has 0 N–H and O–H groups in total. The predicted octanol–water partition coefficient (Wildman–Crippen LogP) is 3.41. The molecule has 1 unspecified atom stereocenters. The summed E-state index contributed by atoms with van der Waals surface area (Å²) < 4.78 is 12.5. The van der Waals surface area contributed by atoms with E-state index in [1.54, 1.807) is 18.3 Å². The standard InChI is InChI=1S/C17H12N2OS/c18-11-16-9-13(7-8-19-16)12-21(20)17-6-5-14-3-1-2-4-15(14)10-17/h1-10H,12H2. The van der Waals surface area contributed by atoms with E-state index < -0.39 is 10.8 Å². The zero-order valence-electron chi connectivity index (χ0n) is 11.2. The molecule has 3 nitrogen and oxygen atoms in total. The molecular weight excluding hydrogens is 280 g/mol. The summed E-state index contributed by atoms with van der Waals surface area (Å²) in [7, 11) is -1.14. The smallest absolute Gasteiger partial charge is 0.140 e. The molecule has 3 aromatic rings. The number of aromatic nitrogens is 1. The van der Waals surface area contributed by atoms with Crippen LogP contribution >= 0.6 is 0 Å². The second kappa shape index (κ2) is 5.86. The number of rotatable bonds is 3. The molecule has 0 saturated heterocycles. The molecular formula is C17H12N2OS. The van der Waals surface area contributed by atoms with Gasteiger partial charge in [0.15, 0.2) is 0 Å². The minimum absolute atomic E-state index is 0.350. The van der Waals surface area contributed by atoms with E-state index in [-0.39, 0.29) is 0 Å². The molecule has 0 radical (unpaired) electrons. The maximum Gasteiger partial charge on any atom is 0.140 e. The molecule has 0 aliphatic carbocycles. The molecule has 1 heterocycles. The maximum atomic E-state index is 12.5. The van der Waals surface area contributed by atoms with Crippen molar-refractivity contribution >= 4 is 21.6 Å². The van der Waals surface area contributed by atoms with Crippen LogP contribution in [0.15, 0.2) is 65.7 Å². The fraction of sp³-hybridized carbons (Fsp3) is 0.0588. The van der Waals surface area contributed by atoms with Gasteiger partial charge >= 0.3 is 0 Å². The molecule has 1 atom stereocenters. The molecule has 0 saturated carbocycles. The summed E-state index contributed by atoms with van der Waals surface area (Å²) in [6.45, 7) is 0. The minimum atomic E-state index is -1.14. The molecule has 21 heavy (non-hydrogen) atoms. The van der Waals surface area contributed by atoms with Gasteiger partial charge in [-0.05, 0) is 40.6 Å². The first-order chi connectivity index (χ1) is 10.3. The summed E-state index contributed by atoms with van der Waals surface area (Å²) in [4.78, 5) is 4.71. The highest BCUT2D eigenvalue weighted by Crippen LogP contribution is 2.19. The van der Waals surface area contributed by atoms with Crippen LogP contribution in [0.3, 0.4) is 0 Å². The Morgan fingerprint density at radius 3 is 2.67 bits per heavy atom. The fourth-order valence-electron chi connectivity index (χ4n) is 2.17. The van der Waals surface area contributed by atoms with Crippen molar-refractivity contribution in [2.75, 3.05) is 0 Å². The van der Waals surface area contributed by atoms with Gasteiger partial charge in [0, 0.05) is 11.1 Å². The number of hydrogen-bond donors (Lipinski definition) is 0. The highest BCUT2D eigenvalue weighted by Gasteiger charge is 2.07. The lowest BCUT2D eigenvalue weighted by atomic mass is 10.1. The van der Waals surface area contributed by atoms with Crippen molar-refractivity contribution in [3.05, 3.63) is 72.1 Å². The Morgan fingerprint density at radius 1 is 1.05 bits per heavy atom. The van der Waals surface area contributed by atoms with Crippen LogP contribution in [0.25, 0.3) is 10.8 Å². The van der Waals surface area contributed by atoms with E-state index in [4.69, 9.17) is 5.26 Å². The second-order valence-electron chi connectivity index (χ2n) is 4.66. The highest BCUT2D eigenvalue weighted by atomic mass is 32.2. The van der Waals surface area contributed by atoms with Crippen molar-refractivity contribution in [3.63, 3.8) is 0 Å². The first-order valence-electron chi connectivity index (χ1n) is 6.48. The maximum absolute atomic E-state index is 12.5. The van der Waals surface area contributed by atoms with Gasteiger partial charge in [0.05, 0.1) is 16.6 Å². The van der Waals surface area contributed by atoms with Gasteiger partial charge in [-0.2, -0.15) is 5.26 Å². The molecule has 1 aromatic heterocycles. The summed E-state index contributed by atoms with van der Waals surface area (Å²) >= 11 is 0. The summed E-state index contributed by atoms with van der Waals surface area (Å²) in [5, 5.41) is 11.1. The number of nitriles is 1. The number of pyridine rings is 1. The van der Waals surface area contributed by atoms with Gasteiger partial charge in [0.2, 0.25) is 0 Å². The third-order valence-electron chi connectivity index (χ3n) is 3.22. The monoisotopic (exact) mass is 292 g/mol. The number of nitrogens with zero attached hydrogens (tertiary/aromatic N) is 2. The fourth-order valence-corrected chi connectivity index (χ4v) is 3.30. The largest absolute Gasteiger partial charge is 0.254 e. The average Bonchev–Trinajstić information content (AvgIpc) is 2.54. The van der Waals surface area contributed by atoms with E-state index in [1.807, 2.05) is 48.5 Å². The first-order valence-corrected chi connectivity index (χ1v) is 7.80. The molecule has 0 spiro atoms. The molecule has 102 valence electrons. The third kappa shape index (κ3) is 2.99. The highest BCUT2D eigenvalue weighted by molar-refractivity contribution is 7.84. The molecule has 2 aromatic carbocycles. The van der Waals surface area contributed by atoms with Crippen LogP contribution in [-0.2, 0) is 16.6 Å². The van der Waals surface area contributed by atoms with Gasteiger partial charge in [-0.3, -0.25) is 4.21 Å². The average molecular weight is 292 g/mol. The second-order valence-corrected chi connectivity index (χ2v) is 6.11. The van der Waals surface area contributed by atoms with Crippen LogP contribution in [0.1, 0.15) is 11.3 Å². The third-order valence-corrected chi connectivity index (χ3v) is 4.60. The lowest BCUT2D eigenvalue weighted by Crippen LogP contribution is -1.97. The van der Waals surface area contributed by atoms with Crippen molar-refractivity contribution in [2.45, 2.75) is 10.6 Å². The summed E-state index contributed by atoms with van der Waals surface area (Å²) in [5.74, 6) is 0.384. The number of hydrogen-bond acceptors (Lipinski definition) is 3. The molecule has 0 bridgehead atoms. The van der Waals surface area contributed by atoms with E-state index in [0.29, 0.717) is 11.4 Å². The SMILES string of the molecule is N#Cc1cc(CS(=O)c2ccc3ccccc3c2)ccn1. The van der Waals surface area contributed by atoms with Gasteiger partial charge in [-0.15, -0.1) is 0 Å². The van der Waals surface area contributed by atoms with Crippen LogP contribution in [-0.4, -0.2) is 9.19 Å². The van der Waals surface area contributed by atoms with E-state index in [1.165, 1.54) is 0 Å². The van der Waals surface area contributed by atoms with Crippen molar-refractivity contribution in [3.8, 4) is 6.07 Å². The zero-order chi connectivity index (χ0) is 14.7. The predicted molar refractivity (Wildman–Crippen MR) is 83.0 cm³/mol. The van der Waals surface area contributed by atoms with Crippen molar-refractivity contribution in [1.29, 1.82) is 5.26 Å². The quantitative estimate of drug-likeness (QED) is 0.743. The Morgan fingerprint density at radius 2 is 1.86 bits per heavy atom. The van der Waals surface area contributed by atoms with Crippen molar-refractivity contribution in [1.82, 2.24) is 4.98 Å². The lowest BCUT2D eigenvalue weighted by Gasteiger charge is -2.05. The van der Waals surface area contributed by atoms with E-state index >= 15 is 0 Å². The van der Waals surface area contributed by atoms with Gasteiger partial charge < -0.3 is 0 Å². The Labute approximate surface area is 125 Å². The molecule has 3 rings (SSSR count). The number of fused-ring (bicyclic) bond motifs is 1. The van der Waals surface area contributed by atoms with Crippen LogP contribution in [0.4, 0.5) is 0 Å². The van der Waals surface area contributed by atoms with Gasteiger partial charge in [-0.1, -0.05) is 30.3 Å². The molecule has 4 heteroatoms. The summed E-state index contributed by atoms with van der Waals surface area (Å²) in [5.41, 5.74) is 1.20. The first kappa shape index (κ1) is 13.5. The Hall–Kier alpha value is -2.51. The van der Waals surface area contributed by atoms with E-state index in [0.717, 1.165) is 21.2 Å². The Balaban J connectivity index is 1.88. The Kier molecular flexibility index (Phi) is 3.76. The molecule has 0 aliphatic heterocycles. The van der Waals surface area contributed by atoms with Gasteiger partial charge in [0.1, 0.15) is 11.8 Å². The summed E-state index contributed by atoms with van der Waals surface area (Å²) in [6, 6.07) is 19.3. The normalized spacial score (nSPS) is 12.0. The van der Waals surface area contributed by atoms with Crippen LogP contribution in [0, 0.1) is 11.3 Å². The van der Waals surface area contributed by atoms with Crippen LogP contribution in [0.2, 0.25) is 0 Å². The van der Waals surface area contributed by atoms with Gasteiger partial charge in [0.25, 0.3) is 0 Å². The molecule has 0 amide bonds. The van der Waals surface area contributed by atoms with Gasteiger partial charge in [-0.25, -0.2) is 4.98 Å². The van der Waals surface area contributed by atoms with E-state index in [2.05, 4.69) is 4.98 Å². The van der Waals surface area contributed by atoms with Crippen LogP contribution < -0.4 is 0 Å². The number of benzene rings is 2. The molecule has 0 fully saturated rings. The minimum Gasteiger partial charge on any atom is -0.254 e. The lowest BCUT2D eigenvalue weighted by molar-refractivity contribution is 0.682. The van der Waals surface area contributed by atoms with Crippen molar-refractivity contribution in [2.24, 2.45) is 0 Å². The Bertz CT molecular complexity index is 868. The topological polar surface area (TPSA) is 53.8 Å².